The fourth-order valence-corrected chi connectivity index (χ4v) is 2.76. The van der Waals surface area contributed by atoms with Crippen LogP contribution in [0.4, 0.5) is 4.79 Å². The van der Waals surface area contributed by atoms with Crippen LogP contribution in [-0.4, -0.2) is 55.7 Å². The summed E-state index contributed by atoms with van der Waals surface area (Å²) in [7, 11) is 1.46. The molecule has 2 fully saturated rings. The number of likely N-dealkylation sites (tertiary alicyclic amines) is 2. The quantitative estimate of drug-likeness (QED) is 0.716. The van der Waals surface area contributed by atoms with Gasteiger partial charge in [0.2, 0.25) is 0 Å². The SMILES string of the molecule is COC(=O)N1CCC(CN2CCCC2)CC1. The Balaban J connectivity index is 1.70. The summed E-state index contributed by atoms with van der Waals surface area (Å²) in [5.41, 5.74) is 0. The van der Waals surface area contributed by atoms with E-state index in [1.807, 2.05) is 4.90 Å². The van der Waals surface area contributed by atoms with Crippen molar-refractivity contribution in [3.05, 3.63) is 0 Å². The van der Waals surface area contributed by atoms with Crippen LogP contribution in [0.2, 0.25) is 0 Å². The highest BCUT2D eigenvalue weighted by molar-refractivity contribution is 5.67. The highest BCUT2D eigenvalue weighted by atomic mass is 16.5. The van der Waals surface area contributed by atoms with Crippen LogP contribution in [-0.2, 0) is 4.74 Å². The van der Waals surface area contributed by atoms with Gasteiger partial charge < -0.3 is 14.5 Å². The minimum absolute atomic E-state index is 0.167. The molecule has 0 aromatic carbocycles. The number of hydrogen-bond donors (Lipinski definition) is 0. The molecule has 2 rings (SSSR count). The van der Waals surface area contributed by atoms with Crippen molar-refractivity contribution in [3.8, 4) is 0 Å². The summed E-state index contributed by atoms with van der Waals surface area (Å²) in [6.07, 6.45) is 4.82. The van der Waals surface area contributed by atoms with Gasteiger partial charge in [-0.3, -0.25) is 0 Å². The first-order valence-electron chi connectivity index (χ1n) is 6.35. The van der Waals surface area contributed by atoms with E-state index >= 15 is 0 Å². The molecule has 2 saturated heterocycles. The summed E-state index contributed by atoms with van der Waals surface area (Å²) in [6.45, 7) is 5.51. The third-order valence-electron chi connectivity index (χ3n) is 3.76. The number of amides is 1. The molecule has 2 heterocycles. The maximum absolute atomic E-state index is 11.3. The molecular formula is C12H22N2O2. The summed E-state index contributed by atoms with van der Waals surface area (Å²) >= 11 is 0. The van der Waals surface area contributed by atoms with Gasteiger partial charge in [0, 0.05) is 19.6 Å². The van der Waals surface area contributed by atoms with E-state index in [0.717, 1.165) is 31.8 Å². The molecule has 2 aliphatic rings. The van der Waals surface area contributed by atoms with Crippen molar-refractivity contribution < 1.29 is 9.53 Å². The van der Waals surface area contributed by atoms with E-state index in [9.17, 15) is 4.79 Å². The van der Waals surface area contributed by atoms with Crippen LogP contribution in [0.3, 0.4) is 0 Å². The Labute approximate surface area is 97.5 Å². The molecule has 0 aromatic rings. The fraction of sp³-hybridized carbons (Fsp3) is 0.917. The zero-order chi connectivity index (χ0) is 11.4. The molecule has 4 nitrogen and oxygen atoms in total. The maximum Gasteiger partial charge on any atom is 0.409 e. The summed E-state index contributed by atoms with van der Waals surface area (Å²) in [5.74, 6) is 0.777. The molecule has 16 heavy (non-hydrogen) atoms. The zero-order valence-electron chi connectivity index (χ0n) is 10.2. The van der Waals surface area contributed by atoms with Crippen molar-refractivity contribution in [1.29, 1.82) is 0 Å². The fourth-order valence-electron chi connectivity index (χ4n) is 2.76. The Hall–Kier alpha value is -0.770. The third kappa shape index (κ3) is 2.88. The predicted octanol–water partition coefficient (Wildman–Crippen LogP) is 1.56. The van der Waals surface area contributed by atoms with E-state index in [4.69, 9.17) is 4.74 Å². The first-order valence-corrected chi connectivity index (χ1v) is 6.35. The highest BCUT2D eigenvalue weighted by Gasteiger charge is 2.25. The summed E-state index contributed by atoms with van der Waals surface area (Å²) in [4.78, 5) is 15.7. The number of hydrogen-bond acceptors (Lipinski definition) is 3. The molecule has 0 atom stereocenters. The number of nitrogens with zero attached hydrogens (tertiary/aromatic N) is 2. The Kier molecular flexibility index (Phi) is 4.04. The molecule has 2 aliphatic heterocycles. The highest BCUT2D eigenvalue weighted by Crippen LogP contribution is 2.20. The topological polar surface area (TPSA) is 32.8 Å². The Morgan fingerprint density at radius 1 is 1.19 bits per heavy atom. The number of methoxy groups -OCH3 is 1. The van der Waals surface area contributed by atoms with E-state index in [1.54, 1.807) is 0 Å². The Morgan fingerprint density at radius 3 is 2.38 bits per heavy atom. The van der Waals surface area contributed by atoms with Crippen molar-refractivity contribution in [3.63, 3.8) is 0 Å². The second-order valence-electron chi connectivity index (χ2n) is 4.91. The zero-order valence-corrected chi connectivity index (χ0v) is 10.2. The summed E-state index contributed by atoms with van der Waals surface area (Å²) in [6, 6.07) is 0. The molecule has 0 spiro atoms. The molecule has 0 bridgehead atoms. The molecule has 0 N–H and O–H groups in total. The molecule has 0 saturated carbocycles. The van der Waals surface area contributed by atoms with E-state index in [2.05, 4.69) is 4.90 Å². The van der Waals surface area contributed by atoms with Crippen molar-refractivity contribution in [2.24, 2.45) is 5.92 Å². The number of carbonyl (C=O) groups excluding carboxylic acids is 1. The van der Waals surface area contributed by atoms with E-state index in [0.29, 0.717) is 0 Å². The van der Waals surface area contributed by atoms with E-state index in [1.165, 1.54) is 39.6 Å². The number of piperidine rings is 1. The second kappa shape index (κ2) is 5.53. The average Bonchev–Trinajstić information content (AvgIpc) is 2.82. The van der Waals surface area contributed by atoms with Gasteiger partial charge >= 0.3 is 6.09 Å². The summed E-state index contributed by atoms with van der Waals surface area (Å²) in [5, 5.41) is 0. The lowest BCUT2D eigenvalue weighted by atomic mass is 9.96. The van der Waals surface area contributed by atoms with Gasteiger partial charge in [-0.25, -0.2) is 4.79 Å². The van der Waals surface area contributed by atoms with Gasteiger partial charge in [0.1, 0.15) is 0 Å². The summed E-state index contributed by atoms with van der Waals surface area (Å²) < 4.78 is 4.73. The van der Waals surface area contributed by atoms with Gasteiger partial charge in [-0.15, -0.1) is 0 Å². The molecule has 0 unspecified atom stereocenters. The standard InChI is InChI=1S/C12H22N2O2/c1-16-12(15)14-8-4-11(5-9-14)10-13-6-2-3-7-13/h11H,2-10H2,1H3. The molecule has 0 radical (unpaired) electrons. The Morgan fingerprint density at radius 2 is 1.81 bits per heavy atom. The van der Waals surface area contributed by atoms with Gasteiger partial charge in [-0.05, 0) is 44.7 Å². The molecule has 4 heteroatoms. The lowest BCUT2D eigenvalue weighted by Crippen LogP contribution is -2.41. The van der Waals surface area contributed by atoms with Crippen molar-refractivity contribution >= 4 is 6.09 Å². The van der Waals surface area contributed by atoms with Crippen molar-refractivity contribution in [2.45, 2.75) is 25.7 Å². The first-order chi connectivity index (χ1) is 7.79. The van der Waals surface area contributed by atoms with Crippen LogP contribution in [0.5, 0.6) is 0 Å². The second-order valence-corrected chi connectivity index (χ2v) is 4.91. The van der Waals surface area contributed by atoms with E-state index in [-0.39, 0.29) is 6.09 Å². The van der Waals surface area contributed by atoms with Crippen LogP contribution in [0, 0.1) is 5.92 Å². The van der Waals surface area contributed by atoms with Crippen LogP contribution in [0.25, 0.3) is 0 Å². The van der Waals surface area contributed by atoms with E-state index < -0.39 is 0 Å². The third-order valence-corrected chi connectivity index (χ3v) is 3.76. The maximum atomic E-state index is 11.3. The lowest BCUT2D eigenvalue weighted by molar-refractivity contribution is 0.100. The largest absolute Gasteiger partial charge is 0.453 e. The van der Waals surface area contributed by atoms with Gasteiger partial charge in [-0.2, -0.15) is 0 Å². The van der Waals surface area contributed by atoms with Gasteiger partial charge in [0.05, 0.1) is 7.11 Å². The van der Waals surface area contributed by atoms with Crippen molar-refractivity contribution in [2.75, 3.05) is 39.8 Å². The molecule has 0 aliphatic carbocycles. The minimum Gasteiger partial charge on any atom is -0.453 e. The van der Waals surface area contributed by atoms with Crippen LogP contribution >= 0.6 is 0 Å². The van der Waals surface area contributed by atoms with Crippen LogP contribution < -0.4 is 0 Å². The van der Waals surface area contributed by atoms with Gasteiger partial charge in [0.25, 0.3) is 0 Å². The molecule has 0 aromatic heterocycles. The normalized spacial score (nSPS) is 23.7. The lowest BCUT2D eigenvalue weighted by Gasteiger charge is -2.32. The predicted molar refractivity (Wildman–Crippen MR) is 62.4 cm³/mol. The van der Waals surface area contributed by atoms with Crippen molar-refractivity contribution in [1.82, 2.24) is 9.80 Å². The number of rotatable bonds is 2. The van der Waals surface area contributed by atoms with Gasteiger partial charge in [-0.1, -0.05) is 0 Å². The number of carbonyl (C=O) groups is 1. The molecular weight excluding hydrogens is 204 g/mol. The van der Waals surface area contributed by atoms with Gasteiger partial charge in [0.15, 0.2) is 0 Å². The monoisotopic (exact) mass is 226 g/mol. The number of ether oxygens (including phenoxy) is 1. The first kappa shape index (κ1) is 11.7. The Bertz CT molecular complexity index is 231. The molecule has 92 valence electrons. The van der Waals surface area contributed by atoms with Crippen LogP contribution in [0.1, 0.15) is 25.7 Å². The molecule has 1 amide bonds. The van der Waals surface area contributed by atoms with Crippen LogP contribution in [0.15, 0.2) is 0 Å². The average molecular weight is 226 g/mol. The smallest absolute Gasteiger partial charge is 0.409 e. The minimum atomic E-state index is -0.167.